The van der Waals surface area contributed by atoms with Crippen molar-refractivity contribution in [3.8, 4) is 0 Å². The minimum absolute atomic E-state index is 0.0784. The largest absolute Gasteiger partial charge is 0.478 e. The molecule has 0 fully saturated rings. The second-order valence-electron chi connectivity index (χ2n) is 3.38. The van der Waals surface area contributed by atoms with Crippen molar-refractivity contribution in [2.45, 2.75) is 9.79 Å². The third-order valence-electron chi connectivity index (χ3n) is 2.27. The molecule has 86 valence electrons. The molecule has 3 nitrogen and oxygen atoms in total. The molecule has 2 aromatic carbocycles. The first-order valence-electron chi connectivity index (χ1n) is 4.99. The smallest absolute Gasteiger partial charge is 0.336 e. The van der Waals surface area contributed by atoms with Crippen molar-refractivity contribution in [1.29, 1.82) is 0 Å². The van der Waals surface area contributed by atoms with Gasteiger partial charge in [-0.2, -0.15) is 0 Å². The monoisotopic (exact) mass is 246 g/mol. The van der Waals surface area contributed by atoms with Gasteiger partial charge in [-0.3, -0.25) is 0 Å². The van der Waals surface area contributed by atoms with Gasteiger partial charge in [-0.15, -0.1) is 0 Å². The molecule has 0 unspecified atom stereocenters. The Hall–Kier alpha value is -1.94. The second-order valence-corrected chi connectivity index (χ2v) is 4.83. The van der Waals surface area contributed by atoms with Crippen molar-refractivity contribution in [3.63, 3.8) is 0 Å². The van der Waals surface area contributed by atoms with Crippen LogP contribution in [0.15, 0.2) is 64.4 Å². The van der Waals surface area contributed by atoms with Gasteiger partial charge in [0.25, 0.3) is 0 Å². The SMILES string of the molecule is O=C(O)c1ccccc1[S@@](=O)c1ccccc1. The molecule has 4 heteroatoms. The van der Waals surface area contributed by atoms with Crippen LogP contribution < -0.4 is 0 Å². The summed E-state index contributed by atoms with van der Waals surface area (Å²) in [5.74, 6) is -1.06. The van der Waals surface area contributed by atoms with E-state index in [1.165, 1.54) is 6.07 Å². The lowest BCUT2D eigenvalue weighted by atomic mass is 10.2. The number of benzene rings is 2. The molecule has 0 spiro atoms. The minimum atomic E-state index is -1.46. The van der Waals surface area contributed by atoms with Crippen molar-refractivity contribution in [2.24, 2.45) is 0 Å². The van der Waals surface area contributed by atoms with E-state index >= 15 is 0 Å². The Balaban J connectivity index is 2.48. The van der Waals surface area contributed by atoms with Crippen LogP contribution in [0.4, 0.5) is 0 Å². The molecule has 0 radical (unpaired) electrons. The van der Waals surface area contributed by atoms with Gasteiger partial charge in [0.15, 0.2) is 0 Å². The Morgan fingerprint density at radius 2 is 1.53 bits per heavy atom. The number of aromatic carboxylic acids is 1. The fourth-order valence-electron chi connectivity index (χ4n) is 1.48. The van der Waals surface area contributed by atoms with Crippen LogP contribution in [0.3, 0.4) is 0 Å². The fourth-order valence-corrected chi connectivity index (χ4v) is 2.69. The lowest BCUT2D eigenvalue weighted by molar-refractivity contribution is 0.0693. The Labute approximate surface area is 101 Å². The Kier molecular flexibility index (Phi) is 3.35. The van der Waals surface area contributed by atoms with Crippen LogP contribution in [0, 0.1) is 0 Å². The van der Waals surface area contributed by atoms with E-state index in [2.05, 4.69) is 0 Å². The standard InChI is InChI=1S/C13H10O3S/c14-13(15)11-8-4-5-9-12(11)17(16)10-6-2-1-3-7-10/h1-9H,(H,14,15)/t17-/m0/s1. The topological polar surface area (TPSA) is 54.4 Å². The average Bonchev–Trinajstić information content (AvgIpc) is 2.39. The number of carbonyl (C=O) groups is 1. The molecule has 0 heterocycles. The van der Waals surface area contributed by atoms with Crippen LogP contribution in [0.25, 0.3) is 0 Å². The summed E-state index contributed by atoms with van der Waals surface area (Å²) in [6.07, 6.45) is 0. The predicted octanol–water partition coefficient (Wildman–Crippen LogP) is 2.55. The predicted molar refractivity (Wildman–Crippen MR) is 64.5 cm³/mol. The van der Waals surface area contributed by atoms with E-state index in [0.29, 0.717) is 9.79 Å². The zero-order valence-corrected chi connectivity index (χ0v) is 9.68. The van der Waals surface area contributed by atoms with Gasteiger partial charge in [0.05, 0.1) is 21.3 Å². The molecule has 0 saturated heterocycles. The quantitative estimate of drug-likeness (QED) is 0.905. The molecule has 2 rings (SSSR count). The molecule has 0 aliphatic heterocycles. The molecule has 0 aliphatic rings. The number of hydrogen-bond donors (Lipinski definition) is 1. The summed E-state index contributed by atoms with van der Waals surface area (Å²) in [6, 6.07) is 15.1. The maximum atomic E-state index is 12.2. The lowest BCUT2D eigenvalue weighted by Crippen LogP contribution is -2.04. The van der Waals surface area contributed by atoms with E-state index < -0.39 is 16.8 Å². The van der Waals surface area contributed by atoms with Crippen LogP contribution in [-0.4, -0.2) is 15.3 Å². The second kappa shape index (κ2) is 4.93. The van der Waals surface area contributed by atoms with Gasteiger partial charge in [0, 0.05) is 4.90 Å². The molecule has 17 heavy (non-hydrogen) atoms. The minimum Gasteiger partial charge on any atom is -0.478 e. The molecule has 2 aromatic rings. The Bertz CT molecular complexity index is 564. The molecule has 0 aromatic heterocycles. The summed E-state index contributed by atoms with van der Waals surface area (Å²) in [5.41, 5.74) is 0.0784. The highest BCUT2D eigenvalue weighted by Gasteiger charge is 2.15. The zero-order valence-electron chi connectivity index (χ0n) is 8.87. The number of carboxylic acids is 1. The van der Waals surface area contributed by atoms with E-state index in [9.17, 15) is 9.00 Å². The fraction of sp³-hybridized carbons (Fsp3) is 0. The van der Waals surface area contributed by atoms with Gasteiger partial charge < -0.3 is 5.11 Å². The van der Waals surface area contributed by atoms with E-state index in [1.807, 2.05) is 6.07 Å². The first-order valence-corrected chi connectivity index (χ1v) is 6.14. The highest BCUT2D eigenvalue weighted by molar-refractivity contribution is 7.85. The Morgan fingerprint density at radius 1 is 0.941 bits per heavy atom. The molecular formula is C13H10O3S. The summed E-state index contributed by atoms with van der Waals surface area (Å²) in [4.78, 5) is 11.9. The molecule has 0 saturated carbocycles. The molecule has 0 bridgehead atoms. The van der Waals surface area contributed by atoms with Crippen LogP contribution >= 0.6 is 0 Å². The third kappa shape index (κ3) is 2.42. The molecular weight excluding hydrogens is 236 g/mol. The lowest BCUT2D eigenvalue weighted by Gasteiger charge is -2.05. The van der Waals surface area contributed by atoms with Crippen molar-refractivity contribution in [3.05, 3.63) is 60.2 Å². The number of hydrogen-bond acceptors (Lipinski definition) is 2. The maximum absolute atomic E-state index is 12.2. The summed E-state index contributed by atoms with van der Waals surface area (Å²) in [7, 11) is -1.46. The van der Waals surface area contributed by atoms with E-state index in [-0.39, 0.29) is 5.56 Å². The molecule has 0 amide bonds. The summed E-state index contributed by atoms with van der Waals surface area (Å²) >= 11 is 0. The summed E-state index contributed by atoms with van der Waals surface area (Å²) in [5, 5.41) is 9.03. The van der Waals surface area contributed by atoms with Crippen LogP contribution in [0.2, 0.25) is 0 Å². The van der Waals surface area contributed by atoms with Gasteiger partial charge in [-0.05, 0) is 24.3 Å². The number of carboxylic acid groups (broad SMARTS) is 1. The molecule has 1 N–H and O–H groups in total. The molecule has 1 atom stereocenters. The van der Waals surface area contributed by atoms with Crippen LogP contribution in [0.5, 0.6) is 0 Å². The van der Waals surface area contributed by atoms with Gasteiger partial charge >= 0.3 is 5.97 Å². The van der Waals surface area contributed by atoms with Crippen LogP contribution in [-0.2, 0) is 10.8 Å². The van der Waals surface area contributed by atoms with Crippen molar-refractivity contribution in [1.82, 2.24) is 0 Å². The summed E-state index contributed by atoms with van der Waals surface area (Å²) < 4.78 is 12.2. The van der Waals surface area contributed by atoms with E-state index in [4.69, 9.17) is 5.11 Å². The van der Waals surface area contributed by atoms with Crippen molar-refractivity contribution >= 4 is 16.8 Å². The first kappa shape index (κ1) is 11.5. The van der Waals surface area contributed by atoms with Gasteiger partial charge in [0.1, 0.15) is 0 Å². The highest BCUT2D eigenvalue weighted by atomic mass is 32.2. The van der Waals surface area contributed by atoms with Crippen molar-refractivity contribution in [2.75, 3.05) is 0 Å². The van der Waals surface area contributed by atoms with E-state index in [1.54, 1.807) is 42.5 Å². The molecule has 0 aliphatic carbocycles. The van der Waals surface area contributed by atoms with Crippen LogP contribution in [0.1, 0.15) is 10.4 Å². The summed E-state index contributed by atoms with van der Waals surface area (Å²) in [6.45, 7) is 0. The Morgan fingerprint density at radius 3 is 2.18 bits per heavy atom. The average molecular weight is 246 g/mol. The zero-order chi connectivity index (χ0) is 12.3. The third-order valence-corrected chi connectivity index (χ3v) is 3.73. The highest BCUT2D eigenvalue weighted by Crippen LogP contribution is 2.19. The maximum Gasteiger partial charge on any atom is 0.336 e. The first-order chi connectivity index (χ1) is 8.20. The normalized spacial score (nSPS) is 12.0. The van der Waals surface area contributed by atoms with Gasteiger partial charge in [0.2, 0.25) is 0 Å². The van der Waals surface area contributed by atoms with Gasteiger partial charge in [-0.1, -0.05) is 30.3 Å². The number of rotatable bonds is 3. The van der Waals surface area contributed by atoms with Gasteiger partial charge in [-0.25, -0.2) is 9.00 Å². The van der Waals surface area contributed by atoms with Crippen molar-refractivity contribution < 1.29 is 14.1 Å². The van der Waals surface area contributed by atoms with E-state index in [0.717, 1.165) is 0 Å².